The molecule has 0 aromatic heterocycles. The molecule has 3 atom stereocenters. The Balaban J connectivity index is 1.67. The molecule has 10 nitrogen and oxygen atoms in total. The van der Waals surface area contributed by atoms with Crippen LogP contribution in [0.25, 0.3) is 0 Å². The normalized spacial score (nSPS) is 19.7. The number of aliphatic carboxylic acids is 1. The molecule has 0 saturated carbocycles. The molecule has 1 amide bonds. The second kappa shape index (κ2) is 14.6. The zero-order valence-electron chi connectivity index (χ0n) is 25.5. The number of ether oxygens (including phenoxy) is 4. The first kappa shape index (κ1) is 31.4. The molecule has 42 heavy (non-hydrogen) atoms. The van der Waals surface area contributed by atoms with Crippen molar-refractivity contribution in [1.29, 1.82) is 0 Å². The van der Waals surface area contributed by atoms with Crippen LogP contribution in [0.3, 0.4) is 0 Å². The summed E-state index contributed by atoms with van der Waals surface area (Å²) in [7, 11) is 7.23. The monoisotopic (exact) mass is 583 g/mol. The predicted octanol–water partition coefficient (Wildman–Crippen LogP) is 3.72. The van der Waals surface area contributed by atoms with E-state index in [1.807, 2.05) is 55.4 Å². The van der Waals surface area contributed by atoms with E-state index < -0.39 is 23.8 Å². The van der Waals surface area contributed by atoms with Crippen LogP contribution in [0.5, 0.6) is 23.0 Å². The number of likely N-dealkylation sites (tertiary alicyclic amines) is 1. The quantitative estimate of drug-likeness (QED) is 0.336. The summed E-state index contributed by atoms with van der Waals surface area (Å²) < 4.78 is 22.4. The minimum Gasteiger partial charge on any atom is -0.496 e. The topological polar surface area (TPSA) is 101 Å². The number of amides is 1. The van der Waals surface area contributed by atoms with Crippen molar-refractivity contribution in [3.63, 3.8) is 0 Å². The summed E-state index contributed by atoms with van der Waals surface area (Å²) in [5.41, 5.74) is 1.70. The van der Waals surface area contributed by atoms with Gasteiger partial charge >= 0.3 is 5.97 Å². The van der Waals surface area contributed by atoms with Gasteiger partial charge in [-0.25, -0.2) is 0 Å². The summed E-state index contributed by atoms with van der Waals surface area (Å²) in [6, 6.07) is 10.9. The van der Waals surface area contributed by atoms with Gasteiger partial charge in [0.2, 0.25) is 18.4 Å². The van der Waals surface area contributed by atoms with Crippen molar-refractivity contribution in [2.45, 2.75) is 44.6 Å². The van der Waals surface area contributed by atoms with Gasteiger partial charge in [-0.05, 0) is 69.2 Å². The van der Waals surface area contributed by atoms with Gasteiger partial charge in [0.15, 0.2) is 11.5 Å². The summed E-state index contributed by atoms with van der Waals surface area (Å²) in [6.07, 6.45) is 3.23. The molecule has 230 valence electrons. The smallest absolute Gasteiger partial charge is 0.308 e. The lowest BCUT2D eigenvalue weighted by Gasteiger charge is -2.30. The van der Waals surface area contributed by atoms with Crippen molar-refractivity contribution < 1.29 is 33.6 Å². The molecule has 0 bridgehead atoms. The molecule has 10 heteroatoms. The molecule has 2 aliphatic heterocycles. The van der Waals surface area contributed by atoms with Crippen molar-refractivity contribution in [3.05, 3.63) is 47.5 Å². The van der Waals surface area contributed by atoms with Crippen LogP contribution in [-0.4, -0.2) is 106 Å². The number of carboxylic acids is 1. The Hall–Kier alpha value is -3.50. The Kier molecular flexibility index (Phi) is 10.9. The number of carbonyl (C=O) groups excluding carboxylic acids is 1. The van der Waals surface area contributed by atoms with Crippen LogP contribution >= 0.6 is 0 Å². The summed E-state index contributed by atoms with van der Waals surface area (Å²) in [4.78, 5) is 32.9. The van der Waals surface area contributed by atoms with E-state index in [1.165, 1.54) is 0 Å². The molecular weight excluding hydrogens is 538 g/mol. The van der Waals surface area contributed by atoms with Gasteiger partial charge < -0.3 is 33.9 Å². The van der Waals surface area contributed by atoms with Gasteiger partial charge in [-0.1, -0.05) is 31.5 Å². The van der Waals surface area contributed by atoms with E-state index in [9.17, 15) is 14.7 Å². The molecule has 2 aliphatic rings. The van der Waals surface area contributed by atoms with Crippen LogP contribution in [0.15, 0.2) is 36.4 Å². The zero-order chi connectivity index (χ0) is 30.2. The number of carboxylic acid groups (broad SMARTS) is 1. The Labute approximate surface area is 249 Å². The number of carbonyl (C=O) groups is 2. The van der Waals surface area contributed by atoms with E-state index in [4.69, 9.17) is 18.9 Å². The molecule has 0 spiro atoms. The van der Waals surface area contributed by atoms with Crippen LogP contribution in [0, 0.1) is 5.92 Å². The molecule has 0 unspecified atom stereocenters. The number of unbranched alkanes of at least 4 members (excludes halogenated alkanes) is 1. The highest BCUT2D eigenvalue weighted by molar-refractivity contribution is 5.79. The summed E-state index contributed by atoms with van der Waals surface area (Å²) in [5.74, 6) is 0.229. The van der Waals surface area contributed by atoms with Gasteiger partial charge in [0.05, 0.1) is 26.7 Å². The largest absolute Gasteiger partial charge is 0.496 e. The zero-order valence-corrected chi connectivity index (χ0v) is 25.5. The van der Waals surface area contributed by atoms with E-state index in [0.717, 1.165) is 36.9 Å². The number of methoxy groups -OCH3 is 2. The summed E-state index contributed by atoms with van der Waals surface area (Å²) >= 11 is 0. The fourth-order valence-corrected chi connectivity index (χ4v) is 6.11. The van der Waals surface area contributed by atoms with Gasteiger partial charge in [0.25, 0.3) is 0 Å². The molecular formula is C32H45N3O7. The molecule has 1 N–H and O–H groups in total. The lowest BCUT2D eigenvalue weighted by atomic mass is 9.83. The summed E-state index contributed by atoms with van der Waals surface area (Å²) in [6.45, 7) is 5.02. The van der Waals surface area contributed by atoms with Crippen LogP contribution in [0.1, 0.15) is 43.2 Å². The Bertz CT molecular complexity index is 1220. The predicted molar refractivity (Wildman–Crippen MR) is 160 cm³/mol. The number of nitrogens with zero attached hydrogens (tertiary/aromatic N) is 3. The number of rotatable bonds is 15. The average Bonchev–Trinajstić information content (AvgIpc) is 3.59. The molecule has 1 saturated heterocycles. The minimum atomic E-state index is -0.902. The maximum absolute atomic E-state index is 13.8. The highest BCUT2D eigenvalue weighted by Crippen LogP contribution is 2.47. The van der Waals surface area contributed by atoms with Crippen molar-refractivity contribution >= 4 is 11.9 Å². The molecule has 0 aliphatic carbocycles. The van der Waals surface area contributed by atoms with Crippen molar-refractivity contribution in [3.8, 4) is 23.0 Å². The van der Waals surface area contributed by atoms with Gasteiger partial charge in [-0.15, -0.1) is 0 Å². The Morgan fingerprint density at radius 1 is 1.02 bits per heavy atom. The van der Waals surface area contributed by atoms with Crippen molar-refractivity contribution in [2.24, 2.45) is 5.92 Å². The highest BCUT2D eigenvalue weighted by Gasteiger charge is 2.48. The van der Waals surface area contributed by atoms with E-state index in [1.54, 1.807) is 14.2 Å². The lowest BCUT2D eigenvalue weighted by Crippen LogP contribution is -2.45. The first-order valence-electron chi connectivity index (χ1n) is 14.8. The number of hydrogen-bond acceptors (Lipinski definition) is 8. The van der Waals surface area contributed by atoms with E-state index in [-0.39, 0.29) is 19.2 Å². The lowest BCUT2D eigenvalue weighted by molar-refractivity contribution is -0.143. The average molecular weight is 584 g/mol. The van der Waals surface area contributed by atoms with Crippen molar-refractivity contribution in [1.82, 2.24) is 14.7 Å². The number of benzene rings is 2. The molecule has 2 aromatic carbocycles. The van der Waals surface area contributed by atoms with Crippen LogP contribution in [0.4, 0.5) is 0 Å². The van der Waals surface area contributed by atoms with Gasteiger partial charge in [-0.2, -0.15) is 0 Å². The minimum absolute atomic E-state index is 0.0280. The Morgan fingerprint density at radius 3 is 2.45 bits per heavy atom. The molecule has 2 aromatic rings. The van der Waals surface area contributed by atoms with Crippen LogP contribution in [0.2, 0.25) is 0 Å². The molecule has 4 rings (SSSR count). The Morgan fingerprint density at radius 2 is 1.76 bits per heavy atom. The highest BCUT2D eigenvalue weighted by atomic mass is 16.7. The van der Waals surface area contributed by atoms with E-state index in [2.05, 4.69) is 16.7 Å². The maximum Gasteiger partial charge on any atom is 0.308 e. The number of fused-ring (bicyclic) bond motifs is 1. The fourth-order valence-electron chi connectivity index (χ4n) is 6.11. The second-order valence-corrected chi connectivity index (χ2v) is 11.3. The second-order valence-electron chi connectivity index (χ2n) is 11.3. The van der Waals surface area contributed by atoms with Gasteiger partial charge in [-0.3, -0.25) is 14.5 Å². The van der Waals surface area contributed by atoms with E-state index in [0.29, 0.717) is 49.1 Å². The molecule has 0 radical (unpaired) electrons. The third-order valence-electron chi connectivity index (χ3n) is 8.27. The third kappa shape index (κ3) is 7.28. The number of para-hydroxylation sites is 1. The maximum atomic E-state index is 13.8. The van der Waals surface area contributed by atoms with Gasteiger partial charge in [0, 0.05) is 31.6 Å². The van der Waals surface area contributed by atoms with E-state index >= 15 is 0 Å². The number of hydrogen-bond donors (Lipinski definition) is 1. The standard InChI is InChI=1S/C32H45N3O7/c1-6-7-14-34(15-10-13-33(2)3)29(36)20-35-19-24(23-17-27(40-5)31-28(18-23)41-21-42-31)30(32(37)38)25(35)16-22-11-8-9-12-26(22)39-4/h8-9,11-12,17-18,24-25,30H,6-7,10,13-16,19-21H2,1-5H3,(H,37,38)/t24-,25+,30-/m1/s1. The third-order valence-corrected chi connectivity index (χ3v) is 8.27. The first-order chi connectivity index (χ1) is 20.3. The van der Waals surface area contributed by atoms with Crippen LogP contribution in [-0.2, 0) is 16.0 Å². The first-order valence-corrected chi connectivity index (χ1v) is 14.8. The summed E-state index contributed by atoms with van der Waals surface area (Å²) in [5, 5.41) is 10.6. The molecule has 1 fully saturated rings. The molecule has 2 heterocycles. The fraction of sp³-hybridized carbons (Fsp3) is 0.562. The van der Waals surface area contributed by atoms with Crippen molar-refractivity contribution in [2.75, 3.05) is 67.8 Å². The van der Waals surface area contributed by atoms with Gasteiger partial charge in [0.1, 0.15) is 5.75 Å². The van der Waals surface area contributed by atoms with Crippen LogP contribution < -0.4 is 18.9 Å². The SMILES string of the molecule is CCCCN(CCCN(C)C)C(=O)CN1C[C@H](c2cc(OC)c3c(c2)OCO3)[C@@H](C(=O)O)[C@@H]1Cc1ccccc1OC.